The topological polar surface area (TPSA) is 52.2 Å². The summed E-state index contributed by atoms with van der Waals surface area (Å²) in [7, 11) is 0. The van der Waals surface area contributed by atoms with Gasteiger partial charge in [-0.15, -0.1) is 0 Å². The van der Waals surface area contributed by atoms with Crippen LogP contribution in [-0.2, 0) is 0 Å². The van der Waals surface area contributed by atoms with E-state index < -0.39 is 0 Å². The van der Waals surface area contributed by atoms with Crippen molar-refractivity contribution in [1.82, 2.24) is 19.8 Å². The number of nitrogens with zero attached hydrogens (tertiary/aromatic N) is 3. The van der Waals surface area contributed by atoms with Crippen molar-refractivity contribution in [3.63, 3.8) is 0 Å². The minimum Gasteiger partial charge on any atom is -0.347 e. The number of piperazine rings is 1. The predicted octanol–water partition coefficient (Wildman–Crippen LogP) is 2.38. The lowest BCUT2D eigenvalue weighted by Crippen LogP contribution is -2.50. The van der Waals surface area contributed by atoms with Crippen molar-refractivity contribution in [3.05, 3.63) is 53.4 Å². The van der Waals surface area contributed by atoms with Crippen molar-refractivity contribution in [2.75, 3.05) is 26.2 Å². The second-order valence-corrected chi connectivity index (χ2v) is 5.83. The third-order valence-corrected chi connectivity index (χ3v) is 4.42. The summed E-state index contributed by atoms with van der Waals surface area (Å²) in [6.45, 7) is 6.73. The first kappa shape index (κ1) is 15.7. The Bertz CT molecular complexity index is 686. The van der Waals surface area contributed by atoms with Crippen molar-refractivity contribution in [2.24, 2.45) is 0 Å². The number of hydrogen-bond acceptors (Lipinski definition) is 3. The van der Waals surface area contributed by atoms with E-state index in [1.807, 2.05) is 4.90 Å². The number of aryl methyl sites for hydroxylation is 1. The van der Waals surface area contributed by atoms with Crippen molar-refractivity contribution in [1.29, 1.82) is 0 Å². The van der Waals surface area contributed by atoms with Gasteiger partial charge in [-0.25, -0.2) is 9.37 Å². The zero-order valence-corrected chi connectivity index (χ0v) is 13.4. The largest absolute Gasteiger partial charge is 0.347 e. The van der Waals surface area contributed by atoms with Crippen LogP contribution in [0.4, 0.5) is 4.39 Å². The van der Waals surface area contributed by atoms with Crippen LogP contribution in [0.3, 0.4) is 0 Å². The minimum atomic E-state index is -0.286. The Balaban J connectivity index is 1.80. The molecule has 1 aromatic carbocycles. The molecule has 1 aromatic heterocycles. The lowest BCUT2D eigenvalue weighted by molar-refractivity contribution is 0.0479. The van der Waals surface area contributed by atoms with Crippen LogP contribution < -0.4 is 0 Å². The normalized spacial score (nSPS) is 19.1. The molecule has 1 N–H and O–H groups in total. The van der Waals surface area contributed by atoms with Gasteiger partial charge < -0.3 is 9.88 Å². The van der Waals surface area contributed by atoms with Gasteiger partial charge in [-0.1, -0.05) is 6.92 Å². The van der Waals surface area contributed by atoms with Crippen LogP contribution in [0.1, 0.15) is 34.7 Å². The van der Waals surface area contributed by atoms with Gasteiger partial charge in [-0.3, -0.25) is 9.69 Å². The molecule has 5 nitrogen and oxygen atoms in total. The summed E-state index contributed by atoms with van der Waals surface area (Å²) in [5, 5.41) is 0. The Morgan fingerprint density at radius 3 is 2.91 bits per heavy atom. The summed E-state index contributed by atoms with van der Waals surface area (Å²) < 4.78 is 13.4. The van der Waals surface area contributed by atoms with E-state index in [1.165, 1.54) is 6.07 Å². The monoisotopic (exact) mass is 316 g/mol. The molecule has 0 aliphatic carbocycles. The lowest BCUT2D eigenvalue weighted by atomic mass is 10.1. The van der Waals surface area contributed by atoms with Gasteiger partial charge in [-0.2, -0.15) is 0 Å². The number of imidazole rings is 1. The van der Waals surface area contributed by atoms with Gasteiger partial charge in [0.05, 0.1) is 6.04 Å². The second kappa shape index (κ2) is 6.50. The number of carbonyl (C=O) groups excluding carboxylic acids is 1. The van der Waals surface area contributed by atoms with Gasteiger partial charge in [-0.05, 0) is 37.2 Å². The molecule has 122 valence electrons. The average molecular weight is 316 g/mol. The Kier molecular flexibility index (Phi) is 4.43. The third-order valence-electron chi connectivity index (χ3n) is 4.42. The van der Waals surface area contributed by atoms with E-state index in [-0.39, 0.29) is 17.8 Å². The van der Waals surface area contributed by atoms with E-state index in [2.05, 4.69) is 21.8 Å². The minimum absolute atomic E-state index is 0.0552. The molecule has 1 atom stereocenters. The first-order valence-corrected chi connectivity index (χ1v) is 7.89. The molecule has 1 amide bonds. The molecular weight excluding hydrogens is 295 g/mol. The quantitative estimate of drug-likeness (QED) is 0.946. The SMILES string of the molecule is CCN1CCN(C(=O)c2ccc(F)c(C)c2)CC1c1ncc[nH]1. The number of rotatable bonds is 3. The molecule has 0 saturated carbocycles. The highest BCUT2D eigenvalue weighted by Gasteiger charge is 2.31. The number of likely N-dealkylation sites (N-methyl/N-ethyl adjacent to an activating group) is 1. The van der Waals surface area contributed by atoms with E-state index in [4.69, 9.17) is 0 Å². The van der Waals surface area contributed by atoms with Gasteiger partial charge in [0.15, 0.2) is 0 Å². The highest BCUT2D eigenvalue weighted by molar-refractivity contribution is 5.94. The lowest BCUT2D eigenvalue weighted by Gasteiger charge is -2.40. The van der Waals surface area contributed by atoms with Crippen LogP contribution in [0.5, 0.6) is 0 Å². The maximum absolute atomic E-state index is 13.4. The summed E-state index contributed by atoms with van der Waals surface area (Å²) in [4.78, 5) is 24.3. The van der Waals surface area contributed by atoms with E-state index in [0.717, 1.165) is 18.9 Å². The van der Waals surface area contributed by atoms with Gasteiger partial charge in [0.1, 0.15) is 11.6 Å². The van der Waals surface area contributed by atoms with Gasteiger partial charge in [0, 0.05) is 37.6 Å². The van der Waals surface area contributed by atoms with Crippen molar-refractivity contribution in [3.8, 4) is 0 Å². The number of hydrogen-bond donors (Lipinski definition) is 1. The Morgan fingerprint density at radius 1 is 1.43 bits per heavy atom. The van der Waals surface area contributed by atoms with Crippen molar-refractivity contribution in [2.45, 2.75) is 19.9 Å². The molecule has 1 aliphatic heterocycles. The molecule has 0 bridgehead atoms. The molecule has 6 heteroatoms. The summed E-state index contributed by atoms with van der Waals surface area (Å²) in [5.41, 5.74) is 1.03. The van der Waals surface area contributed by atoms with Crippen LogP contribution in [-0.4, -0.2) is 51.9 Å². The highest BCUT2D eigenvalue weighted by atomic mass is 19.1. The molecule has 1 aliphatic rings. The molecule has 2 heterocycles. The van der Waals surface area contributed by atoms with Crippen molar-refractivity contribution >= 4 is 5.91 Å². The number of aromatic nitrogens is 2. The summed E-state index contributed by atoms with van der Waals surface area (Å²) in [6.07, 6.45) is 3.53. The van der Waals surface area contributed by atoms with Crippen molar-refractivity contribution < 1.29 is 9.18 Å². The molecule has 1 saturated heterocycles. The summed E-state index contributed by atoms with van der Waals surface area (Å²) in [5.74, 6) is 0.533. The number of amides is 1. The van der Waals surface area contributed by atoms with E-state index >= 15 is 0 Å². The van der Waals surface area contributed by atoms with E-state index in [9.17, 15) is 9.18 Å². The summed E-state index contributed by atoms with van der Waals surface area (Å²) in [6, 6.07) is 4.59. The smallest absolute Gasteiger partial charge is 0.253 e. The number of benzene rings is 1. The van der Waals surface area contributed by atoms with E-state index in [0.29, 0.717) is 24.2 Å². The molecule has 23 heavy (non-hydrogen) atoms. The van der Waals surface area contributed by atoms with Crippen LogP contribution in [0.2, 0.25) is 0 Å². The van der Waals surface area contributed by atoms with Crippen LogP contribution in [0.25, 0.3) is 0 Å². The molecule has 0 spiro atoms. The zero-order valence-electron chi connectivity index (χ0n) is 13.4. The fraction of sp³-hybridized carbons (Fsp3) is 0.412. The fourth-order valence-electron chi connectivity index (χ4n) is 3.06. The molecule has 1 fully saturated rings. The number of aromatic amines is 1. The molecule has 1 unspecified atom stereocenters. The Morgan fingerprint density at radius 2 is 2.26 bits per heavy atom. The fourth-order valence-corrected chi connectivity index (χ4v) is 3.06. The molecule has 0 radical (unpaired) electrons. The maximum Gasteiger partial charge on any atom is 0.253 e. The molecular formula is C17H21FN4O. The number of nitrogens with one attached hydrogen (secondary N) is 1. The standard InChI is InChI=1S/C17H21FN4O/c1-3-21-8-9-22(11-15(21)16-19-6-7-20-16)17(23)13-4-5-14(18)12(2)10-13/h4-7,10,15H,3,8-9,11H2,1-2H3,(H,19,20). The summed E-state index contributed by atoms with van der Waals surface area (Å²) >= 11 is 0. The Labute approximate surface area is 135 Å². The number of H-pyrrole nitrogens is 1. The van der Waals surface area contributed by atoms with Gasteiger partial charge in [0.25, 0.3) is 5.91 Å². The average Bonchev–Trinajstić information content (AvgIpc) is 3.10. The second-order valence-electron chi connectivity index (χ2n) is 5.83. The number of halogens is 1. The molecule has 3 rings (SSSR count). The highest BCUT2D eigenvalue weighted by Crippen LogP contribution is 2.24. The maximum atomic E-state index is 13.4. The van der Waals surface area contributed by atoms with Crippen LogP contribution >= 0.6 is 0 Å². The van der Waals surface area contributed by atoms with Gasteiger partial charge >= 0.3 is 0 Å². The first-order valence-electron chi connectivity index (χ1n) is 7.89. The first-order chi connectivity index (χ1) is 11.1. The third kappa shape index (κ3) is 3.12. The van der Waals surface area contributed by atoms with Crippen LogP contribution in [0.15, 0.2) is 30.6 Å². The van der Waals surface area contributed by atoms with E-state index in [1.54, 1.807) is 31.5 Å². The van der Waals surface area contributed by atoms with Gasteiger partial charge in [0.2, 0.25) is 0 Å². The molecule has 2 aromatic rings. The van der Waals surface area contributed by atoms with Crippen LogP contribution in [0, 0.1) is 12.7 Å². The predicted molar refractivity (Wildman–Crippen MR) is 85.6 cm³/mol. The zero-order chi connectivity index (χ0) is 16.4. The Hall–Kier alpha value is -2.21. The number of carbonyl (C=O) groups is 1.